The number of aldehydes is 1. The molecule has 0 saturated heterocycles. The van der Waals surface area contributed by atoms with Gasteiger partial charge in [-0.05, 0) is 12.8 Å². The first-order valence-electron chi connectivity index (χ1n) is 4.11. The van der Waals surface area contributed by atoms with Crippen LogP contribution in [0.4, 0.5) is 0 Å². The first kappa shape index (κ1) is 8.97. The minimum atomic E-state index is -0.155. The monoisotopic (exact) mass is 167 g/mol. The standard InChI is InChI=1S/C9H13NO2/c1-10-9(12)8-5-3-2-4-7(8)6-11/h2-3,6-8H,4-5H2,1H3,(H,10,12)/t7-,8-/m1/s1. The van der Waals surface area contributed by atoms with E-state index in [1.54, 1.807) is 7.05 Å². The quantitative estimate of drug-likeness (QED) is 0.481. The number of rotatable bonds is 2. The van der Waals surface area contributed by atoms with E-state index in [1.165, 1.54) is 0 Å². The first-order chi connectivity index (χ1) is 5.79. The van der Waals surface area contributed by atoms with Crippen molar-refractivity contribution in [3.8, 4) is 0 Å². The molecule has 0 fully saturated rings. The van der Waals surface area contributed by atoms with E-state index in [-0.39, 0.29) is 17.7 Å². The summed E-state index contributed by atoms with van der Waals surface area (Å²) in [5, 5.41) is 2.57. The van der Waals surface area contributed by atoms with Crippen LogP contribution in [-0.2, 0) is 9.59 Å². The molecule has 3 nitrogen and oxygen atoms in total. The van der Waals surface area contributed by atoms with E-state index in [4.69, 9.17) is 0 Å². The lowest BCUT2D eigenvalue weighted by atomic mass is 9.83. The van der Waals surface area contributed by atoms with Crippen molar-refractivity contribution >= 4 is 12.2 Å². The molecule has 0 aliphatic heterocycles. The van der Waals surface area contributed by atoms with Gasteiger partial charge in [0.1, 0.15) is 6.29 Å². The van der Waals surface area contributed by atoms with Crippen LogP contribution in [0.25, 0.3) is 0 Å². The van der Waals surface area contributed by atoms with Gasteiger partial charge in [0.05, 0.1) is 5.92 Å². The van der Waals surface area contributed by atoms with E-state index >= 15 is 0 Å². The molecule has 0 aromatic carbocycles. The van der Waals surface area contributed by atoms with E-state index < -0.39 is 0 Å². The molecule has 0 aromatic heterocycles. The number of nitrogens with one attached hydrogen (secondary N) is 1. The zero-order valence-corrected chi connectivity index (χ0v) is 7.12. The topological polar surface area (TPSA) is 46.2 Å². The second-order valence-electron chi connectivity index (χ2n) is 2.96. The summed E-state index contributed by atoms with van der Waals surface area (Å²) in [5.41, 5.74) is 0. The van der Waals surface area contributed by atoms with Crippen LogP contribution in [0.1, 0.15) is 12.8 Å². The zero-order valence-electron chi connectivity index (χ0n) is 7.12. The van der Waals surface area contributed by atoms with Crippen LogP contribution in [0, 0.1) is 11.8 Å². The molecule has 0 bridgehead atoms. The lowest BCUT2D eigenvalue weighted by Gasteiger charge is -2.21. The summed E-state index contributed by atoms with van der Waals surface area (Å²) in [6.07, 6.45) is 6.17. The summed E-state index contributed by atoms with van der Waals surface area (Å²) in [6, 6.07) is 0. The Hall–Kier alpha value is -1.12. The van der Waals surface area contributed by atoms with Crippen molar-refractivity contribution in [3.05, 3.63) is 12.2 Å². The number of carbonyl (C=O) groups excluding carboxylic acids is 2. The van der Waals surface area contributed by atoms with Crippen molar-refractivity contribution < 1.29 is 9.59 Å². The Balaban J connectivity index is 2.66. The molecule has 0 radical (unpaired) electrons. The minimum Gasteiger partial charge on any atom is -0.359 e. The fourth-order valence-corrected chi connectivity index (χ4v) is 1.47. The van der Waals surface area contributed by atoms with Gasteiger partial charge in [-0.1, -0.05) is 12.2 Å². The normalized spacial score (nSPS) is 28.1. The second kappa shape index (κ2) is 4.04. The Bertz CT molecular complexity index is 211. The van der Waals surface area contributed by atoms with Gasteiger partial charge in [-0.15, -0.1) is 0 Å². The first-order valence-corrected chi connectivity index (χ1v) is 4.11. The van der Waals surface area contributed by atoms with Crippen molar-refractivity contribution in [1.29, 1.82) is 0 Å². The summed E-state index contributed by atoms with van der Waals surface area (Å²) in [4.78, 5) is 21.8. The fraction of sp³-hybridized carbons (Fsp3) is 0.556. The highest BCUT2D eigenvalue weighted by Crippen LogP contribution is 2.23. The molecular formula is C9H13NO2. The highest BCUT2D eigenvalue weighted by molar-refractivity contribution is 5.82. The highest BCUT2D eigenvalue weighted by atomic mass is 16.2. The predicted molar refractivity (Wildman–Crippen MR) is 45.5 cm³/mol. The van der Waals surface area contributed by atoms with Crippen molar-refractivity contribution in [2.75, 3.05) is 7.05 Å². The van der Waals surface area contributed by atoms with Crippen molar-refractivity contribution in [3.63, 3.8) is 0 Å². The van der Waals surface area contributed by atoms with E-state index in [0.29, 0.717) is 12.8 Å². The third-order valence-electron chi connectivity index (χ3n) is 2.24. The summed E-state index contributed by atoms with van der Waals surface area (Å²) < 4.78 is 0. The van der Waals surface area contributed by atoms with Gasteiger partial charge in [0.2, 0.25) is 5.91 Å². The van der Waals surface area contributed by atoms with Crippen LogP contribution in [0.2, 0.25) is 0 Å². The predicted octanol–water partition coefficient (Wildman–Crippen LogP) is 0.514. The van der Waals surface area contributed by atoms with Crippen LogP contribution in [-0.4, -0.2) is 19.2 Å². The van der Waals surface area contributed by atoms with Crippen molar-refractivity contribution in [1.82, 2.24) is 5.32 Å². The molecule has 66 valence electrons. The van der Waals surface area contributed by atoms with Crippen molar-refractivity contribution in [2.45, 2.75) is 12.8 Å². The lowest BCUT2D eigenvalue weighted by molar-refractivity contribution is -0.129. The van der Waals surface area contributed by atoms with Crippen LogP contribution in [0.15, 0.2) is 12.2 Å². The average Bonchev–Trinajstić information content (AvgIpc) is 2.16. The van der Waals surface area contributed by atoms with Gasteiger partial charge < -0.3 is 10.1 Å². The van der Waals surface area contributed by atoms with E-state index in [0.717, 1.165) is 6.29 Å². The van der Waals surface area contributed by atoms with Gasteiger partial charge in [-0.2, -0.15) is 0 Å². The molecule has 12 heavy (non-hydrogen) atoms. The molecule has 1 rings (SSSR count). The molecule has 0 saturated carbocycles. The summed E-state index contributed by atoms with van der Waals surface area (Å²) in [7, 11) is 1.60. The molecule has 1 aliphatic rings. The van der Waals surface area contributed by atoms with Gasteiger partial charge in [0.15, 0.2) is 0 Å². The number of allylic oxidation sites excluding steroid dienone is 2. The SMILES string of the molecule is CNC(=O)[C@@H]1CC=CC[C@@H]1C=O. The van der Waals surface area contributed by atoms with E-state index in [2.05, 4.69) is 5.32 Å². The lowest BCUT2D eigenvalue weighted by Crippen LogP contribution is -2.34. The highest BCUT2D eigenvalue weighted by Gasteiger charge is 2.27. The fourth-order valence-electron chi connectivity index (χ4n) is 1.47. The van der Waals surface area contributed by atoms with Gasteiger partial charge in [-0.25, -0.2) is 0 Å². The third-order valence-corrected chi connectivity index (χ3v) is 2.24. The van der Waals surface area contributed by atoms with E-state index in [9.17, 15) is 9.59 Å². The number of hydrogen-bond donors (Lipinski definition) is 1. The Kier molecular flexibility index (Phi) is 3.02. The molecule has 0 unspecified atom stereocenters. The molecule has 0 aromatic rings. The molecule has 1 amide bonds. The summed E-state index contributed by atoms with van der Waals surface area (Å²) in [5.74, 6) is -0.316. The number of hydrogen-bond acceptors (Lipinski definition) is 2. The molecule has 0 heterocycles. The molecule has 1 aliphatic carbocycles. The van der Waals surface area contributed by atoms with Crippen LogP contribution >= 0.6 is 0 Å². The Labute approximate surface area is 71.8 Å². The third kappa shape index (κ3) is 1.72. The molecule has 0 spiro atoms. The number of carbonyl (C=O) groups is 2. The largest absolute Gasteiger partial charge is 0.359 e. The Morgan fingerprint density at radius 2 is 2.17 bits per heavy atom. The molecule has 2 atom stereocenters. The van der Waals surface area contributed by atoms with Crippen LogP contribution < -0.4 is 5.32 Å². The molecule has 1 N–H and O–H groups in total. The second-order valence-corrected chi connectivity index (χ2v) is 2.96. The van der Waals surface area contributed by atoms with Gasteiger partial charge >= 0.3 is 0 Å². The van der Waals surface area contributed by atoms with Crippen LogP contribution in [0.3, 0.4) is 0 Å². The summed E-state index contributed by atoms with van der Waals surface area (Å²) in [6.45, 7) is 0. The molecule has 3 heteroatoms. The van der Waals surface area contributed by atoms with Gasteiger partial charge in [0.25, 0.3) is 0 Å². The molecular weight excluding hydrogens is 154 g/mol. The summed E-state index contributed by atoms with van der Waals surface area (Å²) >= 11 is 0. The number of amides is 1. The van der Waals surface area contributed by atoms with Crippen molar-refractivity contribution in [2.24, 2.45) is 11.8 Å². The Morgan fingerprint density at radius 1 is 1.50 bits per heavy atom. The zero-order chi connectivity index (χ0) is 8.97. The smallest absolute Gasteiger partial charge is 0.223 e. The maximum Gasteiger partial charge on any atom is 0.223 e. The minimum absolute atomic E-state index is 0.0311. The van der Waals surface area contributed by atoms with Gasteiger partial charge in [0, 0.05) is 13.0 Å². The maximum absolute atomic E-state index is 11.2. The average molecular weight is 167 g/mol. The van der Waals surface area contributed by atoms with E-state index in [1.807, 2.05) is 12.2 Å². The van der Waals surface area contributed by atoms with Gasteiger partial charge in [-0.3, -0.25) is 4.79 Å². The van der Waals surface area contributed by atoms with Crippen LogP contribution in [0.5, 0.6) is 0 Å². The maximum atomic E-state index is 11.2. The Morgan fingerprint density at radius 3 is 2.75 bits per heavy atom.